The van der Waals surface area contributed by atoms with E-state index >= 15 is 0 Å². The van der Waals surface area contributed by atoms with E-state index in [2.05, 4.69) is 10.6 Å². The highest BCUT2D eigenvalue weighted by molar-refractivity contribution is 5.94. The van der Waals surface area contributed by atoms with Crippen molar-refractivity contribution in [1.82, 2.24) is 10.2 Å². The van der Waals surface area contributed by atoms with Crippen LogP contribution in [0.15, 0.2) is 24.3 Å². The maximum absolute atomic E-state index is 12.5. The first-order valence-electron chi connectivity index (χ1n) is 8.78. The summed E-state index contributed by atoms with van der Waals surface area (Å²) in [5.74, 6) is 0.628. The first kappa shape index (κ1) is 17.5. The average molecular weight is 347 g/mol. The molecule has 3 rings (SSSR count). The minimum absolute atomic E-state index is 0.0992. The van der Waals surface area contributed by atoms with Gasteiger partial charge in [0.2, 0.25) is 5.91 Å². The second-order valence-electron chi connectivity index (χ2n) is 6.39. The highest BCUT2D eigenvalue weighted by atomic mass is 16.5. The Morgan fingerprint density at radius 3 is 2.72 bits per heavy atom. The molecular formula is C18H25N3O4. The van der Waals surface area contributed by atoms with Gasteiger partial charge in [0, 0.05) is 25.4 Å². The molecule has 1 aromatic rings. The summed E-state index contributed by atoms with van der Waals surface area (Å²) >= 11 is 0. The van der Waals surface area contributed by atoms with Crippen molar-refractivity contribution in [2.75, 3.05) is 32.1 Å². The Morgan fingerprint density at radius 2 is 2.04 bits per heavy atom. The van der Waals surface area contributed by atoms with E-state index < -0.39 is 6.04 Å². The number of hydrogen-bond acceptors (Lipinski definition) is 4. The molecule has 0 radical (unpaired) electrons. The Bertz CT molecular complexity index is 599. The predicted octanol–water partition coefficient (Wildman–Crippen LogP) is 1.99. The fourth-order valence-corrected chi connectivity index (χ4v) is 3.29. The zero-order chi connectivity index (χ0) is 17.6. The van der Waals surface area contributed by atoms with Crippen LogP contribution in [-0.4, -0.2) is 55.8 Å². The SMILES string of the molecule is COc1ccc(NC(=O)N2CCC[C@H]2C(=O)NC[C@H]2CCCO2)cc1. The van der Waals surface area contributed by atoms with Gasteiger partial charge in [0.15, 0.2) is 0 Å². The van der Waals surface area contributed by atoms with Gasteiger partial charge in [0.25, 0.3) is 0 Å². The van der Waals surface area contributed by atoms with E-state index in [9.17, 15) is 9.59 Å². The molecule has 2 aliphatic heterocycles. The summed E-state index contributed by atoms with van der Waals surface area (Å²) in [6.45, 7) is 1.86. The molecule has 2 fully saturated rings. The van der Waals surface area contributed by atoms with Crippen molar-refractivity contribution in [3.05, 3.63) is 24.3 Å². The van der Waals surface area contributed by atoms with Crippen LogP contribution in [0, 0.1) is 0 Å². The molecule has 0 unspecified atom stereocenters. The Kier molecular flexibility index (Phi) is 5.75. The van der Waals surface area contributed by atoms with Crippen LogP contribution < -0.4 is 15.4 Å². The quantitative estimate of drug-likeness (QED) is 0.854. The van der Waals surface area contributed by atoms with E-state index in [1.165, 1.54) is 0 Å². The molecule has 3 amide bonds. The Hall–Kier alpha value is -2.28. The van der Waals surface area contributed by atoms with Crippen molar-refractivity contribution in [1.29, 1.82) is 0 Å². The zero-order valence-electron chi connectivity index (χ0n) is 14.5. The van der Waals surface area contributed by atoms with Gasteiger partial charge in [-0.05, 0) is 49.9 Å². The Morgan fingerprint density at radius 1 is 1.24 bits per heavy atom. The molecule has 2 saturated heterocycles. The molecule has 7 nitrogen and oxygen atoms in total. The molecule has 2 aliphatic rings. The number of methoxy groups -OCH3 is 1. The van der Waals surface area contributed by atoms with Gasteiger partial charge in [0.05, 0.1) is 13.2 Å². The van der Waals surface area contributed by atoms with Crippen LogP contribution in [0.2, 0.25) is 0 Å². The van der Waals surface area contributed by atoms with Crippen LogP contribution in [0.25, 0.3) is 0 Å². The fraction of sp³-hybridized carbons (Fsp3) is 0.556. The molecule has 2 N–H and O–H groups in total. The van der Waals surface area contributed by atoms with Crippen molar-refractivity contribution < 1.29 is 19.1 Å². The fourth-order valence-electron chi connectivity index (χ4n) is 3.29. The monoisotopic (exact) mass is 347 g/mol. The van der Waals surface area contributed by atoms with Gasteiger partial charge in [0.1, 0.15) is 11.8 Å². The summed E-state index contributed by atoms with van der Waals surface area (Å²) < 4.78 is 10.6. The van der Waals surface area contributed by atoms with Gasteiger partial charge >= 0.3 is 6.03 Å². The Labute approximate surface area is 147 Å². The molecule has 25 heavy (non-hydrogen) atoms. The van der Waals surface area contributed by atoms with Crippen molar-refractivity contribution in [2.24, 2.45) is 0 Å². The van der Waals surface area contributed by atoms with Gasteiger partial charge in [-0.25, -0.2) is 4.79 Å². The van der Waals surface area contributed by atoms with Crippen molar-refractivity contribution in [3.63, 3.8) is 0 Å². The smallest absolute Gasteiger partial charge is 0.322 e. The van der Waals surface area contributed by atoms with Crippen LogP contribution in [0.1, 0.15) is 25.7 Å². The highest BCUT2D eigenvalue weighted by Gasteiger charge is 2.34. The number of carbonyl (C=O) groups is 2. The molecule has 0 spiro atoms. The zero-order valence-corrected chi connectivity index (χ0v) is 14.5. The number of amides is 3. The number of nitrogens with one attached hydrogen (secondary N) is 2. The number of rotatable bonds is 5. The van der Waals surface area contributed by atoms with Gasteiger partial charge in [-0.15, -0.1) is 0 Å². The van der Waals surface area contributed by atoms with Gasteiger partial charge in [-0.3, -0.25) is 4.79 Å². The molecule has 0 saturated carbocycles. The number of hydrogen-bond donors (Lipinski definition) is 2. The van der Waals surface area contributed by atoms with Gasteiger partial charge in [-0.1, -0.05) is 0 Å². The van der Waals surface area contributed by atoms with Crippen molar-refractivity contribution in [2.45, 2.75) is 37.8 Å². The lowest BCUT2D eigenvalue weighted by molar-refractivity contribution is -0.125. The summed E-state index contributed by atoms with van der Waals surface area (Å²) in [7, 11) is 1.59. The third-order valence-electron chi connectivity index (χ3n) is 4.69. The minimum atomic E-state index is -0.417. The lowest BCUT2D eigenvalue weighted by Gasteiger charge is -2.24. The molecule has 2 heterocycles. The first-order valence-corrected chi connectivity index (χ1v) is 8.78. The van der Waals surface area contributed by atoms with E-state index in [1.54, 1.807) is 36.3 Å². The van der Waals surface area contributed by atoms with E-state index in [4.69, 9.17) is 9.47 Å². The van der Waals surface area contributed by atoms with E-state index in [0.717, 1.165) is 31.6 Å². The molecule has 0 aromatic heterocycles. The van der Waals surface area contributed by atoms with E-state index in [-0.39, 0.29) is 18.0 Å². The average Bonchev–Trinajstić information content (AvgIpc) is 3.32. The van der Waals surface area contributed by atoms with Crippen LogP contribution in [-0.2, 0) is 9.53 Å². The second kappa shape index (κ2) is 8.20. The number of benzene rings is 1. The number of nitrogens with zero attached hydrogens (tertiary/aromatic N) is 1. The van der Waals surface area contributed by atoms with E-state index in [0.29, 0.717) is 25.2 Å². The third kappa shape index (κ3) is 4.42. The summed E-state index contributed by atoms with van der Waals surface area (Å²) in [5, 5.41) is 5.77. The number of likely N-dealkylation sites (tertiary alicyclic amines) is 1. The standard InChI is InChI=1S/C18H25N3O4/c1-24-14-8-6-13(7-9-14)20-18(23)21-10-2-5-16(21)17(22)19-12-15-4-3-11-25-15/h6-9,15-16H,2-5,10-12H2,1H3,(H,19,22)(H,20,23)/t15-,16+/m1/s1. The van der Waals surface area contributed by atoms with Gasteiger partial charge < -0.3 is 25.0 Å². The van der Waals surface area contributed by atoms with E-state index in [1.807, 2.05) is 0 Å². The van der Waals surface area contributed by atoms with Crippen molar-refractivity contribution in [3.8, 4) is 5.75 Å². The molecular weight excluding hydrogens is 322 g/mol. The molecule has 1 aromatic carbocycles. The summed E-state index contributed by atoms with van der Waals surface area (Å²) in [4.78, 5) is 26.6. The largest absolute Gasteiger partial charge is 0.497 e. The third-order valence-corrected chi connectivity index (χ3v) is 4.69. The van der Waals surface area contributed by atoms with Crippen LogP contribution >= 0.6 is 0 Å². The predicted molar refractivity (Wildman–Crippen MR) is 93.7 cm³/mol. The summed E-state index contributed by atoms with van der Waals surface area (Å²) in [5.41, 5.74) is 0.677. The Balaban J connectivity index is 1.53. The molecule has 2 atom stereocenters. The lowest BCUT2D eigenvalue weighted by atomic mass is 10.2. The van der Waals surface area contributed by atoms with Crippen LogP contribution in [0.4, 0.5) is 10.5 Å². The number of carbonyl (C=O) groups excluding carboxylic acids is 2. The molecule has 136 valence electrons. The maximum Gasteiger partial charge on any atom is 0.322 e. The number of urea groups is 1. The maximum atomic E-state index is 12.5. The molecule has 0 aliphatic carbocycles. The lowest BCUT2D eigenvalue weighted by Crippen LogP contribution is -2.48. The topological polar surface area (TPSA) is 79.9 Å². The summed E-state index contributed by atoms with van der Waals surface area (Å²) in [6, 6.07) is 6.45. The molecule has 7 heteroatoms. The van der Waals surface area contributed by atoms with Crippen molar-refractivity contribution >= 4 is 17.6 Å². The minimum Gasteiger partial charge on any atom is -0.497 e. The summed E-state index contributed by atoms with van der Waals surface area (Å²) in [6.07, 6.45) is 3.64. The number of ether oxygens (including phenoxy) is 2. The normalized spacial score (nSPS) is 22.7. The molecule has 0 bridgehead atoms. The van der Waals surface area contributed by atoms with Crippen LogP contribution in [0.3, 0.4) is 0 Å². The van der Waals surface area contributed by atoms with Crippen LogP contribution in [0.5, 0.6) is 5.75 Å². The first-order chi connectivity index (χ1) is 12.2. The number of anilines is 1. The highest BCUT2D eigenvalue weighted by Crippen LogP contribution is 2.21. The second-order valence-corrected chi connectivity index (χ2v) is 6.39. The van der Waals surface area contributed by atoms with Gasteiger partial charge in [-0.2, -0.15) is 0 Å².